The molecule has 0 amide bonds. The van der Waals surface area contributed by atoms with Crippen LogP contribution in [0.4, 0.5) is 5.69 Å². The van der Waals surface area contributed by atoms with Gasteiger partial charge in [-0.2, -0.15) is 0 Å². The second kappa shape index (κ2) is 3.47. The van der Waals surface area contributed by atoms with E-state index in [2.05, 4.69) is 37.2 Å². The van der Waals surface area contributed by atoms with Gasteiger partial charge in [-0.1, -0.05) is 12.1 Å². The van der Waals surface area contributed by atoms with Gasteiger partial charge in [0.05, 0.1) is 13.2 Å². The number of nitrogens with zero attached hydrogens (tertiary/aromatic N) is 1. The van der Waals surface area contributed by atoms with Gasteiger partial charge in [0.15, 0.2) is 5.79 Å². The summed E-state index contributed by atoms with van der Waals surface area (Å²) in [5.74, 6) is -0.429. The molecular weight excluding hydrogens is 202 g/mol. The smallest absolute Gasteiger partial charge is 0.195 e. The molecule has 1 aliphatic carbocycles. The van der Waals surface area contributed by atoms with Gasteiger partial charge in [0, 0.05) is 31.8 Å². The Hall–Kier alpha value is -1.06. The normalized spacial score (nSPS) is 21.4. The van der Waals surface area contributed by atoms with E-state index in [9.17, 15) is 0 Å². The summed E-state index contributed by atoms with van der Waals surface area (Å²) in [5, 5.41) is 0. The quantitative estimate of drug-likeness (QED) is 0.720. The Morgan fingerprint density at radius 1 is 1.19 bits per heavy atom. The third-order valence-electron chi connectivity index (χ3n) is 3.50. The molecule has 3 rings (SSSR count). The average Bonchev–Trinajstić information content (AvgIpc) is 2.88. The van der Waals surface area contributed by atoms with E-state index in [1.54, 1.807) is 0 Å². The molecule has 1 saturated heterocycles. The van der Waals surface area contributed by atoms with Crippen molar-refractivity contribution in [3.8, 4) is 0 Å². The van der Waals surface area contributed by atoms with Gasteiger partial charge >= 0.3 is 0 Å². The zero-order valence-corrected chi connectivity index (χ0v) is 9.82. The Labute approximate surface area is 96.0 Å². The molecule has 0 aromatic heterocycles. The number of ether oxygens (including phenoxy) is 2. The average molecular weight is 219 g/mol. The van der Waals surface area contributed by atoms with Crippen LogP contribution in [0.5, 0.6) is 0 Å². The minimum absolute atomic E-state index is 0.429. The van der Waals surface area contributed by atoms with Crippen LogP contribution < -0.4 is 4.90 Å². The SMILES string of the molecule is CN(C)c1cccc2c1CCC21OCCO1. The van der Waals surface area contributed by atoms with Crippen LogP contribution in [0.25, 0.3) is 0 Å². The van der Waals surface area contributed by atoms with Crippen molar-refractivity contribution in [3.63, 3.8) is 0 Å². The Bertz CT molecular complexity index is 408. The van der Waals surface area contributed by atoms with E-state index in [0.29, 0.717) is 13.2 Å². The van der Waals surface area contributed by atoms with Gasteiger partial charge in [-0.15, -0.1) is 0 Å². The van der Waals surface area contributed by atoms with E-state index in [0.717, 1.165) is 12.8 Å². The van der Waals surface area contributed by atoms with Crippen molar-refractivity contribution in [2.75, 3.05) is 32.2 Å². The summed E-state index contributed by atoms with van der Waals surface area (Å²) in [5.41, 5.74) is 3.90. The summed E-state index contributed by atoms with van der Waals surface area (Å²) in [6, 6.07) is 6.39. The van der Waals surface area contributed by atoms with E-state index in [-0.39, 0.29) is 0 Å². The molecule has 1 aromatic carbocycles. The number of rotatable bonds is 1. The van der Waals surface area contributed by atoms with Crippen LogP contribution in [-0.4, -0.2) is 27.3 Å². The zero-order chi connectivity index (χ0) is 11.2. The summed E-state index contributed by atoms with van der Waals surface area (Å²) in [6.45, 7) is 1.43. The first kappa shape index (κ1) is 10.1. The second-order valence-electron chi connectivity index (χ2n) is 4.65. The molecule has 0 N–H and O–H groups in total. The van der Waals surface area contributed by atoms with Gasteiger partial charge in [-0.25, -0.2) is 0 Å². The van der Waals surface area contributed by atoms with Gasteiger partial charge < -0.3 is 14.4 Å². The van der Waals surface area contributed by atoms with E-state index >= 15 is 0 Å². The van der Waals surface area contributed by atoms with Crippen molar-refractivity contribution in [2.45, 2.75) is 18.6 Å². The van der Waals surface area contributed by atoms with E-state index in [4.69, 9.17) is 9.47 Å². The van der Waals surface area contributed by atoms with Crippen LogP contribution in [0.2, 0.25) is 0 Å². The largest absolute Gasteiger partial charge is 0.377 e. The van der Waals surface area contributed by atoms with Crippen molar-refractivity contribution in [3.05, 3.63) is 29.3 Å². The lowest BCUT2D eigenvalue weighted by atomic mass is 10.1. The maximum atomic E-state index is 5.82. The Morgan fingerprint density at radius 3 is 2.62 bits per heavy atom. The van der Waals surface area contributed by atoms with Crippen molar-refractivity contribution >= 4 is 5.69 Å². The minimum Gasteiger partial charge on any atom is -0.377 e. The van der Waals surface area contributed by atoms with E-state index in [1.807, 2.05) is 0 Å². The molecule has 2 aliphatic rings. The number of hydrogen-bond donors (Lipinski definition) is 0. The van der Waals surface area contributed by atoms with Crippen molar-refractivity contribution in [1.82, 2.24) is 0 Å². The van der Waals surface area contributed by atoms with Gasteiger partial charge in [0.25, 0.3) is 0 Å². The van der Waals surface area contributed by atoms with Crippen LogP contribution in [0.15, 0.2) is 18.2 Å². The Morgan fingerprint density at radius 2 is 1.94 bits per heavy atom. The third-order valence-corrected chi connectivity index (χ3v) is 3.50. The fraction of sp³-hybridized carbons (Fsp3) is 0.538. The van der Waals surface area contributed by atoms with Crippen LogP contribution in [0.3, 0.4) is 0 Å². The fourth-order valence-corrected chi connectivity index (χ4v) is 2.79. The summed E-state index contributed by atoms with van der Waals surface area (Å²) in [6.07, 6.45) is 2.00. The molecule has 86 valence electrons. The lowest BCUT2D eigenvalue weighted by molar-refractivity contribution is -0.163. The van der Waals surface area contributed by atoms with Crippen LogP contribution in [0.1, 0.15) is 17.5 Å². The van der Waals surface area contributed by atoms with Gasteiger partial charge in [0.1, 0.15) is 0 Å². The third kappa shape index (κ3) is 1.28. The molecule has 0 atom stereocenters. The minimum atomic E-state index is -0.429. The molecule has 0 saturated carbocycles. The molecule has 3 heteroatoms. The molecule has 0 radical (unpaired) electrons. The maximum Gasteiger partial charge on any atom is 0.195 e. The number of benzene rings is 1. The highest BCUT2D eigenvalue weighted by Gasteiger charge is 2.44. The predicted octanol–water partition coefficient (Wildman–Crippen LogP) is 1.90. The number of fused-ring (bicyclic) bond motifs is 2. The first-order valence-electron chi connectivity index (χ1n) is 5.80. The predicted molar refractivity (Wildman–Crippen MR) is 62.7 cm³/mol. The lowest BCUT2D eigenvalue weighted by Crippen LogP contribution is -2.23. The second-order valence-corrected chi connectivity index (χ2v) is 4.65. The molecule has 0 bridgehead atoms. The topological polar surface area (TPSA) is 21.7 Å². The van der Waals surface area contributed by atoms with Crippen molar-refractivity contribution in [2.24, 2.45) is 0 Å². The van der Waals surface area contributed by atoms with Gasteiger partial charge in [-0.05, 0) is 18.1 Å². The highest BCUT2D eigenvalue weighted by molar-refractivity contribution is 5.59. The van der Waals surface area contributed by atoms with Crippen LogP contribution in [0, 0.1) is 0 Å². The highest BCUT2D eigenvalue weighted by atomic mass is 16.7. The summed E-state index contributed by atoms with van der Waals surface area (Å²) < 4.78 is 11.6. The molecule has 1 aliphatic heterocycles. The summed E-state index contributed by atoms with van der Waals surface area (Å²) >= 11 is 0. The van der Waals surface area contributed by atoms with Crippen LogP contribution >= 0.6 is 0 Å². The Kier molecular flexibility index (Phi) is 2.19. The molecule has 1 spiro atoms. The van der Waals surface area contributed by atoms with E-state index < -0.39 is 5.79 Å². The maximum absolute atomic E-state index is 5.82. The molecule has 1 fully saturated rings. The summed E-state index contributed by atoms with van der Waals surface area (Å²) in [7, 11) is 4.16. The molecular formula is C13H17NO2. The molecule has 0 unspecified atom stereocenters. The zero-order valence-electron chi connectivity index (χ0n) is 9.82. The van der Waals surface area contributed by atoms with E-state index in [1.165, 1.54) is 16.8 Å². The summed E-state index contributed by atoms with van der Waals surface area (Å²) in [4.78, 5) is 2.16. The van der Waals surface area contributed by atoms with Gasteiger partial charge in [0.2, 0.25) is 0 Å². The highest BCUT2D eigenvalue weighted by Crippen LogP contribution is 2.46. The Balaban J connectivity index is 2.10. The van der Waals surface area contributed by atoms with Gasteiger partial charge in [-0.3, -0.25) is 0 Å². The fourth-order valence-electron chi connectivity index (χ4n) is 2.79. The molecule has 16 heavy (non-hydrogen) atoms. The van der Waals surface area contributed by atoms with Crippen molar-refractivity contribution in [1.29, 1.82) is 0 Å². The molecule has 3 nitrogen and oxygen atoms in total. The molecule has 1 heterocycles. The van der Waals surface area contributed by atoms with Crippen LogP contribution in [-0.2, 0) is 21.7 Å². The first-order chi connectivity index (χ1) is 7.73. The standard InChI is InChI=1S/C13H17NO2/c1-14(2)12-5-3-4-11-10(12)6-7-13(11)15-8-9-16-13/h3-5H,6-9H2,1-2H3. The first-order valence-corrected chi connectivity index (χ1v) is 5.80. The number of anilines is 1. The monoisotopic (exact) mass is 219 g/mol. The number of hydrogen-bond acceptors (Lipinski definition) is 3. The molecule has 1 aromatic rings. The van der Waals surface area contributed by atoms with Crippen molar-refractivity contribution < 1.29 is 9.47 Å². The lowest BCUT2D eigenvalue weighted by Gasteiger charge is -2.24.